The molecule has 1 aromatic heterocycles. The van der Waals surface area contributed by atoms with Crippen LogP contribution in [0.15, 0.2) is 18.3 Å². The lowest BCUT2D eigenvalue weighted by Crippen LogP contribution is -2.31. The summed E-state index contributed by atoms with van der Waals surface area (Å²) in [5, 5.41) is 7.21. The first-order valence-electron chi connectivity index (χ1n) is 5.36. The largest absolute Gasteiger partial charge is 0.350 e. The lowest BCUT2D eigenvalue weighted by molar-refractivity contribution is 0.0951. The van der Waals surface area contributed by atoms with Crippen LogP contribution < -0.4 is 16.2 Å². The van der Waals surface area contributed by atoms with Crippen molar-refractivity contribution in [1.29, 1.82) is 0 Å². The highest BCUT2D eigenvalue weighted by atomic mass is 32.2. The molecule has 0 spiro atoms. The van der Waals surface area contributed by atoms with Crippen molar-refractivity contribution in [3.05, 3.63) is 29.6 Å². The van der Waals surface area contributed by atoms with Crippen molar-refractivity contribution in [2.24, 2.45) is 10.9 Å². The standard InChI is InChI=1S/C11H14N4O3S/c12-5-1-2-9-3-4-10(15-8-9)11(16)14-6-7-19(13,17)18/h3-4,8H,5-7,12H2,(H,14,16)(H2,13,17,18). The summed E-state index contributed by atoms with van der Waals surface area (Å²) in [7, 11) is -3.58. The minimum Gasteiger partial charge on any atom is -0.350 e. The van der Waals surface area contributed by atoms with Crippen molar-refractivity contribution in [3.8, 4) is 11.8 Å². The topological polar surface area (TPSA) is 128 Å². The number of primary sulfonamides is 1. The number of nitrogens with one attached hydrogen (secondary N) is 1. The molecule has 1 heterocycles. The van der Waals surface area contributed by atoms with E-state index >= 15 is 0 Å². The number of hydrogen-bond donors (Lipinski definition) is 3. The van der Waals surface area contributed by atoms with Gasteiger partial charge >= 0.3 is 0 Å². The summed E-state index contributed by atoms with van der Waals surface area (Å²) in [6, 6.07) is 3.12. The van der Waals surface area contributed by atoms with Crippen molar-refractivity contribution < 1.29 is 13.2 Å². The molecule has 0 aliphatic heterocycles. The van der Waals surface area contributed by atoms with Gasteiger partial charge in [0.2, 0.25) is 10.0 Å². The molecule has 0 aliphatic rings. The fourth-order valence-corrected chi connectivity index (χ4v) is 1.54. The van der Waals surface area contributed by atoms with Gasteiger partial charge in [-0.1, -0.05) is 11.8 Å². The molecule has 0 fully saturated rings. The van der Waals surface area contributed by atoms with Gasteiger partial charge in [-0.2, -0.15) is 0 Å². The zero-order valence-electron chi connectivity index (χ0n) is 10.1. The molecule has 1 aromatic rings. The number of carbonyl (C=O) groups is 1. The first-order valence-corrected chi connectivity index (χ1v) is 7.07. The molecule has 0 bridgehead atoms. The predicted octanol–water partition coefficient (Wildman–Crippen LogP) is -1.59. The molecule has 19 heavy (non-hydrogen) atoms. The molecule has 0 radical (unpaired) electrons. The Balaban J connectivity index is 2.58. The Morgan fingerprint density at radius 2 is 2.16 bits per heavy atom. The van der Waals surface area contributed by atoms with Gasteiger partial charge in [0.1, 0.15) is 5.69 Å². The lowest BCUT2D eigenvalue weighted by atomic mass is 10.2. The summed E-state index contributed by atoms with van der Waals surface area (Å²) in [5.41, 5.74) is 6.05. The fourth-order valence-electron chi connectivity index (χ4n) is 1.15. The van der Waals surface area contributed by atoms with Crippen LogP contribution in [0.5, 0.6) is 0 Å². The van der Waals surface area contributed by atoms with Crippen molar-refractivity contribution >= 4 is 15.9 Å². The first-order chi connectivity index (χ1) is 8.92. The Morgan fingerprint density at radius 1 is 1.42 bits per heavy atom. The molecule has 0 aromatic carbocycles. The van der Waals surface area contributed by atoms with Gasteiger partial charge in [0, 0.05) is 18.3 Å². The minimum atomic E-state index is -3.58. The average Bonchev–Trinajstić information content (AvgIpc) is 2.35. The Labute approximate surface area is 111 Å². The van der Waals surface area contributed by atoms with Crippen LogP contribution in [0.25, 0.3) is 0 Å². The first kappa shape index (κ1) is 15.1. The summed E-state index contributed by atoms with van der Waals surface area (Å²) in [6.07, 6.45) is 1.44. The number of hydrogen-bond acceptors (Lipinski definition) is 5. The van der Waals surface area contributed by atoms with Crippen molar-refractivity contribution in [1.82, 2.24) is 10.3 Å². The van der Waals surface area contributed by atoms with E-state index < -0.39 is 15.9 Å². The summed E-state index contributed by atoms with van der Waals surface area (Å²) in [4.78, 5) is 15.5. The zero-order chi connectivity index (χ0) is 14.3. The molecule has 1 rings (SSSR count). The second-order valence-corrected chi connectivity index (χ2v) is 5.29. The normalized spacial score (nSPS) is 10.4. The third kappa shape index (κ3) is 5.96. The van der Waals surface area contributed by atoms with E-state index in [0.717, 1.165) is 0 Å². The highest BCUT2D eigenvalue weighted by Crippen LogP contribution is 1.98. The predicted molar refractivity (Wildman–Crippen MR) is 70.5 cm³/mol. The van der Waals surface area contributed by atoms with Gasteiger partial charge < -0.3 is 11.1 Å². The number of amides is 1. The second-order valence-electron chi connectivity index (χ2n) is 3.56. The van der Waals surface area contributed by atoms with E-state index in [1.54, 1.807) is 6.07 Å². The summed E-state index contributed by atoms with van der Waals surface area (Å²) in [5.74, 6) is 4.64. The highest BCUT2D eigenvalue weighted by Gasteiger charge is 2.08. The quantitative estimate of drug-likeness (QED) is 0.573. The van der Waals surface area contributed by atoms with Crippen LogP contribution in [0.3, 0.4) is 0 Å². The number of pyridine rings is 1. The molecule has 0 saturated heterocycles. The van der Waals surface area contributed by atoms with E-state index in [1.807, 2.05) is 0 Å². The van der Waals surface area contributed by atoms with Crippen LogP contribution in [0.4, 0.5) is 0 Å². The number of nitrogens with two attached hydrogens (primary N) is 2. The van der Waals surface area contributed by atoms with E-state index in [9.17, 15) is 13.2 Å². The van der Waals surface area contributed by atoms with Crippen LogP contribution in [-0.2, 0) is 10.0 Å². The number of carbonyl (C=O) groups excluding carboxylic acids is 1. The average molecular weight is 282 g/mol. The summed E-state index contributed by atoms with van der Waals surface area (Å²) >= 11 is 0. The second kappa shape index (κ2) is 6.84. The van der Waals surface area contributed by atoms with Gasteiger partial charge in [0.05, 0.1) is 12.3 Å². The maximum Gasteiger partial charge on any atom is 0.269 e. The number of aromatic nitrogens is 1. The van der Waals surface area contributed by atoms with Gasteiger partial charge in [0.15, 0.2) is 0 Å². The van der Waals surface area contributed by atoms with Gasteiger partial charge in [-0.25, -0.2) is 18.5 Å². The Bertz CT molecular complexity index is 599. The van der Waals surface area contributed by atoms with Crippen LogP contribution >= 0.6 is 0 Å². The van der Waals surface area contributed by atoms with E-state index in [4.69, 9.17) is 10.9 Å². The van der Waals surface area contributed by atoms with E-state index in [-0.39, 0.29) is 24.5 Å². The molecule has 1 amide bonds. The molecular weight excluding hydrogens is 268 g/mol. The number of rotatable bonds is 4. The summed E-state index contributed by atoms with van der Waals surface area (Å²) < 4.78 is 21.4. The maximum atomic E-state index is 11.6. The van der Waals surface area contributed by atoms with Crippen molar-refractivity contribution in [2.75, 3.05) is 18.8 Å². The van der Waals surface area contributed by atoms with Crippen LogP contribution in [0.2, 0.25) is 0 Å². The number of sulfonamides is 1. The highest BCUT2D eigenvalue weighted by molar-refractivity contribution is 7.89. The third-order valence-corrected chi connectivity index (χ3v) is 2.78. The van der Waals surface area contributed by atoms with Gasteiger partial charge in [-0.15, -0.1) is 0 Å². The van der Waals surface area contributed by atoms with Crippen molar-refractivity contribution in [2.45, 2.75) is 0 Å². The van der Waals surface area contributed by atoms with Crippen molar-refractivity contribution in [3.63, 3.8) is 0 Å². The molecule has 102 valence electrons. The molecule has 0 aliphatic carbocycles. The smallest absolute Gasteiger partial charge is 0.269 e. The van der Waals surface area contributed by atoms with Gasteiger partial charge in [-0.3, -0.25) is 4.79 Å². The summed E-state index contributed by atoms with van der Waals surface area (Å²) in [6.45, 7) is 0.184. The molecule has 8 heteroatoms. The van der Waals surface area contributed by atoms with Crippen LogP contribution in [-0.4, -0.2) is 38.2 Å². The molecule has 0 atom stereocenters. The molecule has 0 unspecified atom stereocenters. The van der Waals surface area contributed by atoms with E-state index in [2.05, 4.69) is 22.1 Å². The lowest BCUT2D eigenvalue weighted by Gasteiger charge is -2.03. The molecule has 7 nitrogen and oxygen atoms in total. The van der Waals surface area contributed by atoms with Crippen LogP contribution in [0, 0.1) is 11.8 Å². The van der Waals surface area contributed by atoms with E-state index in [1.165, 1.54) is 12.3 Å². The maximum absolute atomic E-state index is 11.6. The van der Waals surface area contributed by atoms with Crippen LogP contribution in [0.1, 0.15) is 16.1 Å². The van der Waals surface area contributed by atoms with E-state index in [0.29, 0.717) is 5.56 Å². The Kier molecular flexibility index (Phi) is 5.44. The monoisotopic (exact) mass is 282 g/mol. The third-order valence-electron chi connectivity index (χ3n) is 2.00. The minimum absolute atomic E-state index is 0.0614. The molecular formula is C11H14N4O3S. The molecule has 0 saturated carbocycles. The SMILES string of the molecule is NCC#Cc1ccc(C(=O)NCCS(N)(=O)=O)nc1. The zero-order valence-corrected chi connectivity index (χ0v) is 10.9. The molecule has 5 N–H and O–H groups in total. The number of nitrogens with zero attached hydrogens (tertiary/aromatic N) is 1. The van der Waals surface area contributed by atoms with Gasteiger partial charge in [0.25, 0.3) is 5.91 Å². The Morgan fingerprint density at radius 3 is 2.68 bits per heavy atom. The Hall–Kier alpha value is -1.95. The van der Waals surface area contributed by atoms with Gasteiger partial charge in [-0.05, 0) is 12.1 Å². The fraction of sp³-hybridized carbons (Fsp3) is 0.273.